The molecule has 6 aromatic carbocycles. The summed E-state index contributed by atoms with van der Waals surface area (Å²) < 4.78 is 969. The molecule has 12 rings (SSSR count). The van der Waals surface area contributed by atoms with Crippen LogP contribution < -0.4 is 28.4 Å². The summed E-state index contributed by atoms with van der Waals surface area (Å²) in [7, 11) is -13.6. The molecular weight excluding hydrogens is 1500 g/mol. The molecule has 0 aliphatic heterocycles. The van der Waals surface area contributed by atoms with Crippen molar-refractivity contribution in [3.63, 3.8) is 0 Å². The lowest BCUT2D eigenvalue weighted by Crippen LogP contribution is -2.42. The monoisotopic (exact) mass is 1780 g/mol. The van der Waals surface area contributed by atoms with Crippen LogP contribution in [0.5, 0.6) is 34.5 Å². The number of benzene rings is 6. The van der Waals surface area contributed by atoms with Gasteiger partial charge in [0.1, 0.15) is 34.5 Å². The maximum absolute atomic E-state index is 12.0. The van der Waals surface area contributed by atoms with Gasteiger partial charge < -0.3 is 88.5 Å². The third-order valence-electron chi connectivity index (χ3n) is 16.1. The molecule has 6 unspecified atom stereocenters. The smallest absolute Gasteiger partial charge is 0.118 e. The van der Waals surface area contributed by atoms with Crippen LogP contribution in [0.3, 0.4) is 0 Å². The van der Waals surface area contributed by atoms with Crippen molar-refractivity contribution in [2.45, 2.75) is 261 Å². The molecule has 0 amide bonds. The SMILES string of the molecule is [2H]c1c([2H])c(C(C([2H])([2H])N(C)C([2H])([2H])[2H])C2(O)C([2H])([2H])C([2H])([2H])C([2H])([2H])C([2H])([2H])C2([2H])[2H])c([2H])c([2H])c1OC([2H])([2H])[2H].[2H]c1c([2H])c(C(C([2H])([2H])N(C)C)C2(O)C([2H])([2H])C([2H])([2H])C([2H])([2H])C([2H])([2H])C2([2H])[2H])c([2H])c([2H])c1OC([2H])([2H])[2H].[2H]c1c([2H])c(C(CN(C([2H])([2H])[2H])C([2H])([2H])[2H])C2(O)C([2H])([2H])C([2H])([2H])C([2H])([2H])C([2H])([2H])C2([2H])[2H])c([2H])c([2H])c1OC([2H])([2H])[2H].[2H]c1c([2H])c(C(CN(C)C([2H])([2H])[2H])C2(O)C([2H])([2H])C([2H])([2H])C([2H])([2H])C([2H])([2H])C2([2H])[2H])c([2H])c([2H])c1OC([2H])([2H])[2H].[2H]c1c([2H])c(C(CN(C)C)C2(O)C([2H])([2H])C([2H])([2H])C([2H])([2H])C([2H])([2H])C2([2H])[2H])c([2H])c([2H])c1OC([2H])([2H])[2H].[2H]c1c([2H])c(C([2H])(C2(O)CCCCC2)C([2H])([2H])N(C([2H])([2H])[2H])C([2H])([2H])[2H])c([2H])c([2H])c1OC([2H])([2H])[2H]. The van der Waals surface area contributed by atoms with E-state index in [1.54, 1.807) is 0 Å². The van der Waals surface area contributed by atoms with Crippen LogP contribution in [-0.2, 0) is 0 Å². The lowest BCUT2D eigenvalue weighted by Gasteiger charge is -2.40. The van der Waals surface area contributed by atoms with E-state index in [2.05, 4.69) is 28.4 Å². The predicted molar refractivity (Wildman–Crippen MR) is 494 cm³/mol. The Morgan fingerprint density at radius 1 is 0.283 bits per heavy atom. The van der Waals surface area contributed by atoms with Gasteiger partial charge in [-0.25, -0.2) is 0 Å². The molecule has 18 heteroatoms. The van der Waals surface area contributed by atoms with Crippen molar-refractivity contribution < 1.29 is 219 Å². The largest absolute Gasteiger partial charge is 0.497 e. The van der Waals surface area contributed by atoms with Gasteiger partial charge in [-0.2, -0.15) is 0 Å². The highest BCUT2D eigenvalue weighted by molar-refractivity contribution is 5.37. The Morgan fingerprint density at radius 2 is 0.517 bits per heavy atom. The zero-order valence-corrected chi connectivity index (χ0v) is 63.9. The summed E-state index contributed by atoms with van der Waals surface area (Å²) in [6.07, 6.45) is -102. The van der Waals surface area contributed by atoms with E-state index in [9.17, 15) is 32.0 Å². The third-order valence-corrected chi connectivity index (χ3v) is 16.1. The van der Waals surface area contributed by atoms with E-state index < -0.39 is 574 Å². The van der Waals surface area contributed by atoms with Crippen LogP contribution >= 0.6 is 0 Å². The zero-order chi connectivity index (χ0) is 190. The molecule has 0 heterocycles. The molecule has 6 aliphatic carbocycles. The fourth-order valence-electron chi connectivity index (χ4n) is 10.7. The Hall–Kier alpha value is -6.36. The molecule has 6 saturated carbocycles. The predicted octanol–water partition coefficient (Wildman–Crippen LogP) is 18.2. The number of hydrogen-bond donors (Lipinski definition) is 6. The maximum atomic E-state index is 12.0. The molecule has 672 valence electrons. The second-order valence-corrected chi connectivity index (χ2v) is 25.4. The average Bonchev–Trinajstić information content (AvgIpc) is 0.669. The van der Waals surface area contributed by atoms with Crippen molar-refractivity contribution in [2.24, 2.45) is 0 Å². The number of rotatable bonds is 30. The van der Waals surface area contributed by atoms with Crippen LogP contribution in [0.25, 0.3) is 0 Å². The Bertz CT molecular complexity index is 9210. The van der Waals surface area contributed by atoms with E-state index in [4.69, 9.17) is 159 Å². The van der Waals surface area contributed by atoms with Gasteiger partial charge in [0.15, 0.2) is 0 Å². The standard InChI is InChI=1S/6C17H27NO2/c6*1-18(2)13-16(17(19)11-5-4-6-12-17)14-7-9-15(20-3)10-8-14/h6*7-10,16,19H,4-6,11-13H2,1-3H3/i1D3,3D3,4D2,5D2,6D2,7D,8D,9D,10D,11D2,12D2,13D2;1D3,2D3,3D3,4D2,5D2,6D2,7D,8D,9D,10D,11D2,12D2;3D3,4D2,5D2,6D2,7D,8D,9D,10D,11D2,12D2,13D2;1D3,3D3,4D2,5D2,6D2,7D,8D,9D,10D,11D2,12D2;3D3,4D2,5D2,6D2,7D,8D,9D,10D,11D2,12D2;1D3,2D3,3D3,7D,8D,9D,10D,13D2,16D. The zero-order valence-electron chi connectivity index (χ0n) is 181. The maximum Gasteiger partial charge on any atom is 0.118 e. The Kier molecular flexibility index (Phi) is 10.7. The Labute approximate surface area is 890 Å². The average molecular weight is 1780 g/mol. The molecule has 0 aromatic heterocycles. The van der Waals surface area contributed by atoms with Crippen molar-refractivity contribution in [1.29, 1.82) is 0 Å². The first-order valence-electron chi connectivity index (χ1n) is 92.6. The molecule has 6 N–H and O–H groups in total. The van der Waals surface area contributed by atoms with E-state index >= 15 is 0 Å². The first-order valence-corrected chi connectivity index (χ1v) is 34.1. The van der Waals surface area contributed by atoms with Crippen molar-refractivity contribution in [2.75, 3.05) is 165 Å². The molecule has 18 nitrogen and oxygen atoms in total. The summed E-state index contributed by atoms with van der Waals surface area (Å²) in [6, 6.07) is -30.3. The van der Waals surface area contributed by atoms with Crippen LogP contribution in [0, 0.1) is 0 Å². The number of likely N-dealkylation sites (N-methyl/N-ethyl adjacent to an activating group) is 6. The summed E-state index contributed by atoms with van der Waals surface area (Å²) in [5, 5.41) is 71.4. The quantitative estimate of drug-likeness (QED) is 0.0249. The first-order chi connectivity index (χ1) is 103. The fraction of sp³-hybridized carbons (Fsp3) is 0.647. The van der Waals surface area contributed by atoms with Crippen LogP contribution in [-0.4, -0.2) is 259 Å². The second kappa shape index (κ2) is 50.0. The van der Waals surface area contributed by atoms with E-state index in [-0.39, 0.29) is 30.6 Å². The summed E-state index contributed by atoms with van der Waals surface area (Å²) in [4.78, 5) is 1.03. The summed E-state index contributed by atoms with van der Waals surface area (Å²) in [5.74, 6) is -24.4. The van der Waals surface area contributed by atoms with Crippen molar-refractivity contribution in [3.8, 4) is 34.5 Å². The highest BCUT2D eigenvalue weighted by Gasteiger charge is 2.45. The lowest BCUT2D eigenvalue weighted by molar-refractivity contribution is -0.0280. The molecule has 6 aromatic rings. The summed E-state index contributed by atoms with van der Waals surface area (Å²) >= 11 is 0. The van der Waals surface area contributed by atoms with E-state index in [0.717, 1.165) is 21.1 Å². The highest BCUT2D eigenvalue weighted by atomic mass is 16.5. The van der Waals surface area contributed by atoms with Gasteiger partial charge >= 0.3 is 0 Å². The van der Waals surface area contributed by atoms with Crippen LogP contribution in [0.4, 0.5) is 0 Å². The lowest BCUT2D eigenvalue weighted by atomic mass is 9.72. The number of ether oxygens (including phenoxy) is 6. The van der Waals surface area contributed by atoms with Crippen molar-refractivity contribution in [1.82, 2.24) is 29.4 Å². The highest BCUT2D eigenvalue weighted by Crippen LogP contribution is 2.47. The van der Waals surface area contributed by atoms with Crippen LogP contribution in [0.2, 0.25) is 0 Å². The minimum atomic E-state index is -4.56. The molecule has 0 radical (unpaired) electrons. The van der Waals surface area contributed by atoms with Gasteiger partial charge in [-0.15, -0.1) is 0 Å². The van der Waals surface area contributed by atoms with Crippen LogP contribution in [0.15, 0.2) is 145 Å². The molecule has 6 atom stereocenters. The molecule has 6 aliphatic rings. The molecular formula is C102H162N6O12. The Morgan fingerprint density at radius 3 is 0.767 bits per heavy atom. The molecule has 0 bridgehead atoms. The van der Waals surface area contributed by atoms with Gasteiger partial charge in [0.05, 0.1) is 133 Å². The third kappa shape index (κ3) is 31.1. The summed E-state index contributed by atoms with van der Waals surface area (Å²) in [6.45, 7) is -36.2. The van der Waals surface area contributed by atoms with Gasteiger partial charge in [0.2, 0.25) is 0 Å². The molecule has 0 saturated heterocycles. The Balaban J connectivity index is 0.000000374. The second-order valence-electron chi connectivity index (χ2n) is 25.4. The topological polar surface area (TPSA) is 196 Å². The number of hydrogen-bond acceptors (Lipinski definition) is 18. The van der Waals surface area contributed by atoms with Crippen LogP contribution in [0.1, 0.15) is 421 Å². The van der Waals surface area contributed by atoms with Crippen molar-refractivity contribution >= 4 is 0 Å². The summed E-state index contributed by atoms with van der Waals surface area (Å²) in [5.41, 5.74) is -30.9. The van der Waals surface area contributed by atoms with E-state index in [1.165, 1.54) is 19.0 Å². The number of methoxy groups -OCH3 is 6. The van der Waals surface area contributed by atoms with Gasteiger partial charge in [0, 0.05) is 177 Å². The van der Waals surface area contributed by atoms with Gasteiger partial charge in [-0.3, -0.25) is 0 Å². The van der Waals surface area contributed by atoms with E-state index in [0.29, 0.717) is 23.3 Å². The fourth-order valence-corrected chi connectivity index (χ4v) is 10.7. The van der Waals surface area contributed by atoms with Gasteiger partial charge in [0.25, 0.3) is 0 Å². The minimum absolute atomic E-state index is 0.206. The normalized spacial score (nSPS) is 46.5. The van der Waals surface area contributed by atoms with Gasteiger partial charge in [-0.05, 0) is 267 Å². The molecule has 120 heavy (non-hydrogen) atoms. The van der Waals surface area contributed by atoms with E-state index in [1.807, 2.05) is 0 Å². The minimum Gasteiger partial charge on any atom is -0.497 e. The van der Waals surface area contributed by atoms with Gasteiger partial charge in [-0.1, -0.05) is 187 Å². The molecule has 6 fully saturated rings. The first kappa shape index (κ1) is 25.7. The number of nitrogens with zero attached hydrogens (tertiary/aromatic N) is 6. The number of aliphatic hydroxyl groups is 6. The van der Waals surface area contributed by atoms with Crippen molar-refractivity contribution in [3.05, 3.63) is 178 Å². The molecule has 0 spiro atoms.